The molecule has 0 N–H and O–H groups in total. The van der Waals surface area contributed by atoms with Gasteiger partial charge in [0.25, 0.3) is 5.91 Å². The summed E-state index contributed by atoms with van der Waals surface area (Å²) in [7, 11) is -3.67. The third-order valence-electron chi connectivity index (χ3n) is 6.56. The molecule has 0 spiro atoms. The summed E-state index contributed by atoms with van der Waals surface area (Å²) >= 11 is 0. The minimum atomic E-state index is -3.67. The molecule has 0 radical (unpaired) electrons. The van der Waals surface area contributed by atoms with E-state index in [-0.39, 0.29) is 22.5 Å². The molecule has 0 unspecified atom stereocenters. The summed E-state index contributed by atoms with van der Waals surface area (Å²) in [4.78, 5) is 15.2. The zero-order chi connectivity index (χ0) is 22.7. The molecule has 172 valence electrons. The molecule has 0 saturated carbocycles. The van der Waals surface area contributed by atoms with E-state index in [2.05, 4.69) is 26.0 Å². The van der Waals surface area contributed by atoms with Gasteiger partial charge in [0.2, 0.25) is 10.0 Å². The molecule has 6 nitrogen and oxygen atoms in total. The quantitative estimate of drug-likeness (QED) is 0.678. The monoisotopic (exact) mass is 456 g/mol. The highest BCUT2D eigenvalue weighted by Crippen LogP contribution is 2.27. The van der Waals surface area contributed by atoms with Crippen molar-refractivity contribution < 1.29 is 17.9 Å². The van der Waals surface area contributed by atoms with Crippen LogP contribution in [0, 0.1) is 13.8 Å². The predicted octanol–water partition coefficient (Wildman–Crippen LogP) is 4.16. The molecule has 0 bridgehead atoms. The van der Waals surface area contributed by atoms with Crippen molar-refractivity contribution in [3.8, 4) is 5.75 Å². The molecule has 2 fully saturated rings. The molecule has 4 rings (SSSR count). The van der Waals surface area contributed by atoms with E-state index in [1.165, 1.54) is 15.4 Å². The minimum Gasteiger partial charge on any atom is -0.490 e. The molecule has 2 aromatic rings. The Bertz CT molecular complexity index is 1070. The first-order valence-electron chi connectivity index (χ1n) is 11.5. The van der Waals surface area contributed by atoms with E-state index in [0.717, 1.165) is 37.9 Å². The normalized spacial score (nSPS) is 18.5. The second-order valence-corrected chi connectivity index (χ2v) is 10.7. The maximum atomic E-state index is 13.3. The van der Waals surface area contributed by atoms with Crippen LogP contribution < -0.4 is 4.74 Å². The van der Waals surface area contributed by atoms with Gasteiger partial charge in [0.05, 0.1) is 10.5 Å². The maximum Gasteiger partial charge on any atom is 0.255 e. The van der Waals surface area contributed by atoms with Crippen LogP contribution in [0.4, 0.5) is 0 Å². The molecule has 2 aliphatic rings. The predicted molar refractivity (Wildman–Crippen MR) is 125 cm³/mol. The number of benzene rings is 2. The molecule has 0 atom stereocenters. The van der Waals surface area contributed by atoms with Gasteiger partial charge < -0.3 is 9.64 Å². The van der Waals surface area contributed by atoms with Crippen LogP contribution in [0.25, 0.3) is 0 Å². The molecule has 2 aliphatic heterocycles. The van der Waals surface area contributed by atoms with E-state index in [4.69, 9.17) is 4.74 Å². The second-order valence-electron chi connectivity index (χ2n) is 8.82. The van der Waals surface area contributed by atoms with Gasteiger partial charge in [-0.25, -0.2) is 8.42 Å². The highest BCUT2D eigenvalue weighted by Gasteiger charge is 2.32. The number of likely N-dealkylation sites (tertiary alicyclic amines) is 1. The molecule has 0 aliphatic carbocycles. The fourth-order valence-electron chi connectivity index (χ4n) is 4.44. The largest absolute Gasteiger partial charge is 0.490 e. The molecule has 2 heterocycles. The van der Waals surface area contributed by atoms with Crippen molar-refractivity contribution in [1.29, 1.82) is 0 Å². The zero-order valence-electron chi connectivity index (χ0n) is 18.9. The van der Waals surface area contributed by atoms with Crippen molar-refractivity contribution in [3.63, 3.8) is 0 Å². The van der Waals surface area contributed by atoms with Crippen LogP contribution in [0.1, 0.15) is 53.6 Å². The van der Waals surface area contributed by atoms with Gasteiger partial charge in [-0.05, 0) is 62.1 Å². The number of sulfonamides is 1. The van der Waals surface area contributed by atoms with Gasteiger partial charge in [-0.3, -0.25) is 4.79 Å². The van der Waals surface area contributed by atoms with E-state index in [9.17, 15) is 13.2 Å². The van der Waals surface area contributed by atoms with Crippen molar-refractivity contribution >= 4 is 15.9 Å². The van der Waals surface area contributed by atoms with Crippen molar-refractivity contribution in [2.24, 2.45) is 0 Å². The third-order valence-corrected chi connectivity index (χ3v) is 8.52. The van der Waals surface area contributed by atoms with Crippen LogP contribution in [0.15, 0.2) is 47.4 Å². The summed E-state index contributed by atoms with van der Waals surface area (Å²) in [6.07, 6.45) is 4.27. The van der Waals surface area contributed by atoms with Crippen molar-refractivity contribution in [2.75, 3.05) is 26.2 Å². The zero-order valence-corrected chi connectivity index (χ0v) is 19.7. The number of piperidine rings is 2. The summed E-state index contributed by atoms with van der Waals surface area (Å²) in [5, 5.41) is 0. The molecule has 32 heavy (non-hydrogen) atoms. The maximum absolute atomic E-state index is 13.3. The molecule has 7 heteroatoms. The van der Waals surface area contributed by atoms with Gasteiger partial charge in [0, 0.05) is 39.0 Å². The van der Waals surface area contributed by atoms with Gasteiger partial charge in [0.15, 0.2) is 0 Å². The summed E-state index contributed by atoms with van der Waals surface area (Å²) in [6, 6.07) is 12.7. The fourth-order valence-corrected chi connectivity index (χ4v) is 6.14. The van der Waals surface area contributed by atoms with Crippen molar-refractivity contribution in [2.45, 2.75) is 57.0 Å². The summed E-state index contributed by atoms with van der Waals surface area (Å²) in [5.74, 6) is 0.640. The molecule has 2 saturated heterocycles. The Morgan fingerprint density at radius 3 is 2.28 bits per heavy atom. The van der Waals surface area contributed by atoms with E-state index in [0.29, 0.717) is 26.2 Å². The first kappa shape index (κ1) is 22.8. The number of hydrogen-bond donors (Lipinski definition) is 0. The lowest BCUT2D eigenvalue weighted by Crippen LogP contribution is -2.43. The van der Waals surface area contributed by atoms with Crippen LogP contribution >= 0.6 is 0 Å². The summed E-state index contributed by atoms with van der Waals surface area (Å²) in [6.45, 7) is 6.28. The number of aryl methyl sites for hydroxylation is 2. The summed E-state index contributed by atoms with van der Waals surface area (Å²) in [5.41, 5.74) is 2.70. The number of amides is 1. The van der Waals surface area contributed by atoms with Gasteiger partial charge in [-0.1, -0.05) is 24.6 Å². The SMILES string of the molecule is Cc1ccc(OC2CCN(C(=O)c3ccccc3S(=O)(=O)N3CCCCC3)CC2)cc1C. The van der Waals surface area contributed by atoms with Gasteiger partial charge >= 0.3 is 0 Å². The Balaban J connectivity index is 1.44. The third kappa shape index (κ3) is 4.84. The highest BCUT2D eigenvalue weighted by molar-refractivity contribution is 7.89. The first-order chi connectivity index (χ1) is 15.4. The number of nitrogens with zero attached hydrogens (tertiary/aromatic N) is 2. The molecule has 2 aromatic carbocycles. The van der Waals surface area contributed by atoms with Crippen LogP contribution in [0.2, 0.25) is 0 Å². The number of carbonyl (C=O) groups excluding carboxylic acids is 1. The molecular formula is C25H32N2O4S. The van der Waals surface area contributed by atoms with E-state index < -0.39 is 10.0 Å². The number of ether oxygens (including phenoxy) is 1. The number of carbonyl (C=O) groups is 1. The van der Waals surface area contributed by atoms with Crippen LogP contribution in [0.3, 0.4) is 0 Å². The smallest absolute Gasteiger partial charge is 0.255 e. The Morgan fingerprint density at radius 2 is 1.59 bits per heavy atom. The first-order valence-corrected chi connectivity index (χ1v) is 12.9. The van der Waals surface area contributed by atoms with E-state index >= 15 is 0 Å². The number of rotatable bonds is 5. The lowest BCUT2D eigenvalue weighted by molar-refractivity contribution is 0.0591. The Labute approximate surface area is 191 Å². The molecular weight excluding hydrogens is 424 g/mol. The van der Waals surface area contributed by atoms with Crippen molar-refractivity contribution in [1.82, 2.24) is 9.21 Å². The standard InChI is InChI=1S/C25H32N2O4S/c1-19-10-11-22(18-20(19)2)31-21-12-16-26(17-13-21)25(28)23-8-4-5-9-24(23)32(29,30)27-14-6-3-7-15-27/h4-5,8-11,18,21H,3,6-7,12-17H2,1-2H3. The molecule has 1 amide bonds. The van der Waals surface area contributed by atoms with Crippen LogP contribution in [-0.2, 0) is 10.0 Å². The van der Waals surface area contributed by atoms with Gasteiger partial charge in [-0.15, -0.1) is 0 Å². The Kier molecular flexibility index (Phi) is 6.86. The van der Waals surface area contributed by atoms with E-state index in [1.807, 2.05) is 6.07 Å². The van der Waals surface area contributed by atoms with Crippen molar-refractivity contribution in [3.05, 3.63) is 59.2 Å². The number of hydrogen-bond acceptors (Lipinski definition) is 4. The second kappa shape index (κ2) is 9.63. The lowest BCUT2D eigenvalue weighted by atomic mass is 10.1. The van der Waals surface area contributed by atoms with Gasteiger partial charge in [0.1, 0.15) is 11.9 Å². The minimum absolute atomic E-state index is 0.0495. The highest BCUT2D eigenvalue weighted by atomic mass is 32.2. The summed E-state index contributed by atoms with van der Waals surface area (Å²) < 4.78 is 34.1. The Morgan fingerprint density at radius 1 is 0.906 bits per heavy atom. The van der Waals surface area contributed by atoms with Gasteiger partial charge in [-0.2, -0.15) is 4.31 Å². The molecule has 0 aromatic heterocycles. The van der Waals surface area contributed by atoms with Crippen LogP contribution in [-0.4, -0.2) is 55.8 Å². The average molecular weight is 457 g/mol. The fraction of sp³-hybridized carbons (Fsp3) is 0.480. The lowest BCUT2D eigenvalue weighted by Gasteiger charge is -2.33. The average Bonchev–Trinajstić information content (AvgIpc) is 2.82. The topological polar surface area (TPSA) is 66.9 Å². The Hall–Kier alpha value is -2.38. The van der Waals surface area contributed by atoms with E-state index in [1.54, 1.807) is 29.2 Å². The van der Waals surface area contributed by atoms with Crippen LogP contribution in [0.5, 0.6) is 5.75 Å².